The molecule has 0 aromatic heterocycles. The minimum atomic E-state index is -4.06. The summed E-state index contributed by atoms with van der Waals surface area (Å²) in [6.45, 7) is 0. The maximum Gasteiger partial charge on any atom is 0.265 e. The fourth-order valence-electron chi connectivity index (χ4n) is 0.920. The highest BCUT2D eigenvalue weighted by atomic mass is 32.2. The summed E-state index contributed by atoms with van der Waals surface area (Å²) in [5.74, 6) is 0. The number of hydrogen-bond donors (Lipinski definition) is 1. The SMILES string of the molecule is NS(=O)(=O)c1ccccc1C(F)F. The molecule has 0 saturated heterocycles. The van der Waals surface area contributed by atoms with Gasteiger partial charge < -0.3 is 0 Å². The Bertz CT molecular complexity index is 403. The van der Waals surface area contributed by atoms with Crippen molar-refractivity contribution in [3.05, 3.63) is 29.8 Å². The molecule has 0 bridgehead atoms. The van der Waals surface area contributed by atoms with E-state index in [1.54, 1.807) is 0 Å². The monoisotopic (exact) mass is 207 g/mol. The van der Waals surface area contributed by atoms with Crippen molar-refractivity contribution in [3.63, 3.8) is 0 Å². The van der Waals surface area contributed by atoms with Crippen molar-refractivity contribution in [2.75, 3.05) is 0 Å². The molecule has 13 heavy (non-hydrogen) atoms. The third-order valence-corrected chi connectivity index (χ3v) is 2.45. The van der Waals surface area contributed by atoms with Crippen LogP contribution < -0.4 is 5.14 Å². The van der Waals surface area contributed by atoms with Crippen molar-refractivity contribution >= 4 is 10.0 Å². The number of rotatable bonds is 2. The number of benzene rings is 1. The Labute approximate surface area is 74.2 Å². The maximum atomic E-state index is 12.2. The van der Waals surface area contributed by atoms with Crippen LogP contribution in [0, 0.1) is 0 Å². The number of hydrogen-bond acceptors (Lipinski definition) is 2. The van der Waals surface area contributed by atoms with Crippen LogP contribution in [0.15, 0.2) is 29.2 Å². The van der Waals surface area contributed by atoms with Crippen molar-refractivity contribution in [3.8, 4) is 0 Å². The Hall–Kier alpha value is -1.01. The summed E-state index contributed by atoms with van der Waals surface area (Å²) in [4.78, 5) is -0.523. The van der Waals surface area contributed by atoms with Gasteiger partial charge in [0.15, 0.2) is 0 Å². The topological polar surface area (TPSA) is 60.2 Å². The van der Waals surface area contributed by atoms with Gasteiger partial charge in [0.05, 0.1) is 4.90 Å². The van der Waals surface area contributed by atoms with Gasteiger partial charge in [-0.1, -0.05) is 18.2 Å². The van der Waals surface area contributed by atoms with Gasteiger partial charge in [-0.25, -0.2) is 22.3 Å². The van der Waals surface area contributed by atoms with Crippen LogP contribution in [-0.2, 0) is 10.0 Å². The Balaban J connectivity index is 3.37. The van der Waals surface area contributed by atoms with E-state index in [1.807, 2.05) is 0 Å². The molecule has 2 N–H and O–H groups in total. The van der Waals surface area contributed by atoms with E-state index in [9.17, 15) is 17.2 Å². The van der Waals surface area contributed by atoms with E-state index in [0.29, 0.717) is 0 Å². The van der Waals surface area contributed by atoms with Crippen LogP contribution in [0.2, 0.25) is 0 Å². The van der Waals surface area contributed by atoms with Gasteiger partial charge in [-0.05, 0) is 6.07 Å². The van der Waals surface area contributed by atoms with E-state index < -0.39 is 26.9 Å². The Kier molecular flexibility index (Phi) is 2.63. The van der Waals surface area contributed by atoms with E-state index in [-0.39, 0.29) is 0 Å². The fraction of sp³-hybridized carbons (Fsp3) is 0.143. The second-order valence-corrected chi connectivity index (χ2v) is 3.91. The highest BCUT2D eigenvalue weighted by Crippen LogP contribution is 2.24. The van der Waals surface area contributed by atoms with E-state index >= 15 is 0 Å². The lowest BCUT2D eigenvalue weighted by Crippen LogP contribution is -2.14. The van der Waals surface area contributed by atoms with Gasteiger partial charge in [-0.15, -0.1) is 0 Å². The minimum Gasteiger partial charge on any atom is -0.225 e. The largest absolute Gasteiger partial charge is 0.265 e. The van der Waals surface area contributed by atoms with E-state index in [2.05, 4.69) is 0 Å². The second kappa shape index (κ2) is 3.39. The molecule has 6 heteroatoms. The zero-order valence-electron chi connectivity index (χ0n) is 6.44. The molecule has 1 aromatic rings. The summed E-state index contributed by atoms with van der Waals surface area (Å²) in [6.07, 6.45) is -2.84. The first-order chi connectivity index (χ1) is 5.93. The first kappa shape index (κ1) is 10.1. The molecule has 0 unspecified atom stereocenters. The van der Waals surface area contributed by atoms with Crippen LogP contribution in [0.5, 0.6) is 0 Å². The van der Waals surface area contributed by atoms with Crippen LogP contribution in [0.1, 0.15) is 12.0 Å². The summed E-state index contributed by atoms with van der Waals surface area (Å²) in [7, 11) is -4.06. The number of alkyl halides is 2. The Morgan fingerprint density at radius 2 is 1.77 bits per heavy atom. The van der Waals surface area contributed by atoms with Gasteiger partial charge in [0.2, 0.25) is 10.0 Å². The average molecular weight is 207 g/mol. The molecule has 0 heterocycles. The molecule has 3 nitrogen and oxygen atoms in total. The van der Waals surface area contributed by atoms with Gasteiger partial charge in [-0.2, -0.15) is 0 Å². The molecule has 0 atom stereocenters. The molecular weight excluding hydrogens is 200 g/mol. The fourth-order valence-corrected chi connectivity index (χ4v) is 1.67. The van der Waals surface area contributed by atoms with Crippen LogP contribution in [0.3, 0.4) is 0 Å². The average Bonchev–Trinajstić information content (AvgIpc) is 2.03. The quantitative estimate of drug-likeness (QED) is 0.793. The van der Waals surface area contributed by atoms with Gasteiger partial charge in [0, 0.05) is 5.56 Å². The molecule has 0 radical (unpaired) electrons. The van der Waals surface area contributed by atoms with Crippen molar-refractivity contribution in [1.29, 1.82) is 0 Å². The molecule has 0 saturated carbocycles. The molecule has 1 aromatic carbocycles. The third-order valence-electron chi connectivity index (χ3n) is 1.46. The van der Waals surface area contributed by atoms with E-state index in [1.165, 1.54) is 12.1 Å². The summed E-state index contributed by atoms with van der Waals surface area (Å²) >= 11 is 0. The number of nitrogens with two attached hydrogens (primary N) is 1. The highest BCUT2D eigenvalue weighted by molar-refractivity contribution is 7.89. The van der Waals surface area contributed by atoms with Crippen molar-refractivity contribution in [2.45, 2.75) is 11.3 Å². The zero-order chi connectivity index (χ0) is 10.1. The van der Waals surface area contributed by atoms with Gasteiger partial charge in [-0.3, -0.25) is 0 Å². The van der Waals surface area contributed by atoms with Crippen molar-refractivity contribution in [2.24, 2.45) is 5.14 Å². The molecule has 1 rings (SSSR count). The van der Waals surface area contributed by atoms with Crippen LogP contribution in [-0.4, -0.2) is 8.42 Å². The number of halogens is 2. The highest BCUT2D eigenvalue weighted by Gasteiger charge is 2.19. The summed E-state index contributed by atoms with van der Waals surface area (Å²) in [5.41, 5.74) is -0.565. The lowest BCUT2D eigenvalue weighted by atomic mass is 10.2. The molecule has 0 spiro atoms. The lowest BCUT2D eigenvalue weighted by Gasteiger charge is -2.05. The van der Waals surface area contributed by atoms with Gasteiger partial charge in [0.1, 0.15) is 0 Å². The molecular formula is C7H7F2NO2S. The van der Waals surface area contributed by atoms with Crippen LogP contribution in [0.4, 0.5) is 8.78 Å². The summed E-state index contributed by atoms with van der Waals surface area (Å²) in [6, 6.07) is 4.75. The lowest BCUT2D eigenvalue weighted by molar-refractivity contribution is 0.148. The van der Waals surface area contributed by atoms with Gasteiger partial charge >= 0.3 is 0 Å². The molecule has 0 aliphatic rings. The number of primary sulfonamides is 1. The Morgan fingerprint density at radius 3 is 2.15 bits per heavy atom. The van der Waals surface area contributed by atoms with E-state index in [4.69, 9.17) is 5.14 Å². The minimum absolute atomic E-state index is 0.523. The van der Waals surface area contributed by atoms with Crippen LogP contribution in [0.25, 0.3) is 0 Å². The van der Waals surface area contributed by atoms with Gasteiger partial charge in [0.25, 0.3) is 6.43 Å². The van der Waals surface area contributed by atoms with Crippen molar-refractivity contribution < 1.29 is 17.2 Å². The summed E-state index contributed by atoms with van der Waals surface area (Å²) in [5, 5.41) is 4.73. The first-order valence-electron chi connectivity index (χ1n) is 3.33. The molecule has 0 aliphatic carbocycles. The summed E-state index contributed by atoms with van der Waals surface area (Å²) < 4.78 is 46.1. The maximum absolute atomic E-state index is 12.2. The van der Waals surface area contributed by atoms with E-state index in [0.717, 1.165) is 12.1 Å². The Morgan fingerprint density at radius 1 is 1.23 bits per heavy atom. The molecule has 0 amide bonds. The smallest absolute Gasteiger partial charge is 0.225 e. The normalized spacial score (nSPS) is 12.0. The zero-order valence-corrected chi connectivity index (χ0v) is 7.26. The third kappa shape index (κ3) is 2.22. The standard InChI is InChI=1S/C7H7F2NO2S/c8-7(9)5-3-1-2-4-6(5)13(10,11)12/h1-4,7H,(H2,10,11,12). The number of sulfonamides is 1. The predicted octanol–water partition coefficient (Wildman–Crippen LogP) is 1.27. The predicted molar refractivity (Wildman–Crippen MR) is 42.8 cm³/mol. The molecule has 0 aliphatic heterocycles. The first-order valence-corrected chi connectivity index (χ1v) is 4.87. The van der Waals surface area contributed by atoms with Crippen LogP contribution >= 0.6 is 0 Å². The molecule has 0 fully saturated rings. The second-order valence-electron chi connectivity index (χ2n) is 2.38. The van der Waals surface area contributed by atoms with Crippen molar-refractivity contribution in [1.82, 2.24) is 0 Å². The molecule has 72 valence electrons.